The van der Waals surface area contributed by atoms with E-state index in [4.69, 9.17) is 0 Å². The fourth-order valence-corrected chi connectivity index (χ4v) is 2.60. The molecular formula is C20H21N3. The summed E-state index contributed by atoms with van der Waals surface area (Å²) in [6, 6.07) is 22.7. The quantitative estimate of drug-likeness (QED) is 0.665. The van der Waals surface area contributed by atoms with Crippen LogP contribution in [-0.4, -0.2) is 23.1 Å². The van der Waals surface area contributed by atoms with Gasteiger partial charge in [0.05, 0.1) is 0 Å². The number of rotatable bonds is 7. The van der Waals surface area contributed by atoms with Gasteiger partial charge in [-0.2, -0.15) is 0 Å². The zero-order chi connectivity index (χ0) is 15.7. The smallest absolute Gasteiger partial charge is 0.0421 e. The number of hydrogen-bond donors (Lipinski definition) is 0. The Balaban J connectivity index is 1.66. The molecule has 2 aromatic heterocycles. The SMILES string of the molecule is c1ccc(N(CCc2ccccn2)CCc2ccccn2)cc1. The van der Waals surface area contributed by atoms with Crippen LogP contribution in [0, 0.1) is 0 Å². The standard InChI is InChI=1S/C20H21N3/c1-2-10-20(11-3-1)23(16-12-18-8-4-6-14-21-18)17-13-19-9-5-7-15-22-19/h1-11,14-15H,12-13,16-17H2. The van der Waals surface area contributed by atoms with E-state index >= 15 is 0 Å². The van der Waals surface area contributed by atoms with Crippen molar-refractivity contribution in [1.82, 2.24) is 9.97 Å². The molecule has 0 spiro atoms. The maximum atomic E-state index is 4.42. The number of para-hydroxylation sites is 1. The van der Waals surface area contributed by atoms with Gasteiger partial charge < -0.3 is 4.90 Å². The highest BCUT2D eigenvalue weighted by atomic mass is 15.1. The van der Waals surface area contributed by atoms with Gasteiger partial charge in [-0.15, -0.1) is 0 Å². The molecule has 0 aliphatic carbocycles. The molecule has 3 rings (SSSR count). The van der Waals surface area contributed by atoms with Crippen molar-refractivity contribution in [2.75, 3.05) is 18.0 Å². The maximum absolute atomic E-state index is 4.42. The summed E-state index contributed by atoms with van der Waals surface area (Å²) in [5, 5.41) is 0. The van der Waals surface area contributed by atoms with Crippen molar-refractivity contribution >= 4 is 5.69 Å². The van der Waals surface area contributed by atoms with E-state index < -0.39 is 0 Å². The largest absolute Gasteiger partial charge is 0.371 e. The van der Waals surface area contributed by atoms with Crippen LogP contribution < -0.4 is 4.90 Å². The first kappa shape index (κ1) is 15.2. The molecule has 0 amide bonds. The van der Waals surface area contributed by atoms with Crippen molar-refractivity contribution in [3.8, 4) is 0 Å². The lowest BCUT2D eigenvalue weighted by Crippen LogP contribution is -2.28. The summed E-state index contributed by atoms with van der Waals surface area (Å²) in [6.07, 6.45) is 5.60. The molecule has 0 unspecified atom stereocenters. The molecule has 3 nitrogen and oxygen atoms in total. The van der Waals surface area contributed by atoms with Gasteiger partial charge in [-0.05, 0) is 36.4 Å². The lowest BCUT2D eigenvalue weighted by Gasteiger charge is -2.24. The lowest BCUT2D eigenvalue weighted by molar-refractivity contribution is 0.751. The molecule has 3 heteroatoms. The van der Waals surface area contributed by atoms with Gasteiger partial charge in [0.2, 0.25) is 0 Å². The van der Waals surface area contributed by atoms with Gasteiger partial charge in [0.1, 0.15) is 0 Å². The van der Waals surface area contributed by atoms with Crippen LogP contribution in [0.1, 0.15) is 11.4 Å². The van der Waals surface area contributed by atoms with Gasteiger partial charge in [-0.25, -0.2) is 0 Å². The second-order valence-electron chi connectivity index (χ2n) is 5.46. The van der Waals surface area contributed by atoms with Gasteiger partial charge in [0.25, 0.3) is 0 Å². The van der Waals surface area contributed by atoms with Crippen LogP contribution in [0.25, 0.3) is 0 Å². The Morgan fingerprint density at radius 3 is 1.61 bits per heavy atom. The molecule has 0 aliphatic rings. The van der Waals surface area contributed by atoms with Crippen molar-refractivity contribution in [2.45, 2.75) is 12.8 Å². The molecule has 0 saturated carbocycles. The van der Waals surface area contributed by atoms with Crippen LogP contribution in [0.5, 0.6) is 0 Å². The first-order valence-electron chi connectivity index (χ1n) is 8.01. The van der Waals surface area contributed by atoms with Gasteiger partial charge in [0, 0.05) is 55.4 Å². The summed E-state index contributed by atoms with van der Waals surface area (Å²) < 4.78 is 0. The minimum Gasteiger partial charge on any atom is -0.371 e. The molecule has 0 saturated heterocycles. The third-order valence-corrected chi connectivity index (χ3v) is 3.85. The Morgan fingerprint density at radius 1 is 0.609 bits per heavy atom. The van der Waals surface area contributed by atoms with Gasteiger partial charge >= 0.3 is 0 Å². The second-order valence-corrected chi connectivity index (χ2v) is 5.46. The van der Waals surface area contributed by atoms with Crippen LogP contribution in [0.15, 0.2) is 79.1 Å². The predicted octanol–water partition coefficient (Wildman–Crippen LogP) is 3.77. The van der Waals surface area contributed by atoms with E-state index in [1.807, 2.05) is 36.7 Å². The summed E-state index contributed by atoms with van der Waals surface area (Å²) in [4.78, 5) is 11.3. The average Bonchev–Trinajstić information content (AvgIpc) is 2.64. The number of benzene rings is 1. The molecular weight excluding hydrogens is 282 g/mol. The zero-order valence-corrected chi connectivity index (χ0v) is 13.2. The van der Waals surface area contributed by atoms with E-state index in [0.717, 1.165) is 37.3 Å². The van der Waals surface area contributed by atoms with Crippen molar-refractivity contribution < 1.29 is 0 Å². The number of nitrogens with zero attached hydrogens (tertiary/aromatic N) is 3. The summed E-state index contributed by atoms with van der Waals surface area (Å²) in [7, 11) is 0. The van der Waals surface area contributed by atoms with Crippen LogP contribution in [-0.2, 0) is 12.8 Å². The van der Waals surface area contributed by atoms with Crippen molar-refractivity contribution in [3.05, 3.63) is 90.5 Å². The third-order valence-electron chi connectivity index (χ3n) is 3.85. The summed E-state index contributed by atoms with van der Waals surface area (Å²) >= 11 is 0. The van der Waals surface area contributed by atoms with Crippen LogP contribution in [0.3, 0.4) is 0 Å². The Bertz CT molecular complexity index is 640. The minimum absolute atomic E-state index is 0.942. The fourth-order valence-electron chi connectivity index (χ4n) is 2.60. The number of hydrogen-bond acceptors (Lipinski definition) is 3. The molecule has 0 N–H and O–H groups in total. The molecule has 0 fully saturated rings. The van der Waals surface area contributed by atoms with Crippen LogP contribution >= 0.6 is 0 Å². The van der Waals surface area contributed by atoms with E-state index in [1.54, 1.807) is 0 Å². The molecule has 2 heterocycles. The minimum atomic E-state index is 0.942. The number of aromatic nitrogens is 2. The van der Waals surface area contributed by atoms with Gasteiger partial charge in [0.15, 0.2) is 0 Å². The van der Waals surface area contributed by atoms with E-state index in [2.05, 4.69) is 57.3 Å². The average molecular weight is 303 g/mol. The molecule has 1 aromatic carbocycles. The molecule has 0 atom stereocenters. The Kier molecular flexibility index (Phi) is 5.35. The van der Waals surface area contributed by atoms with Crippen molar-refractivity contribution in [3.63, 3.8) is 0 Å². The predicted molar refractivity (Wildman–Crippen MR) is 94.5 cm³/mol. The normalized spacial score (nSPS) is 10.4. The third kappa shape index (κ3) is 4.65. The highest BCUT2D eigenvalue weighted by molar-refractivity contribution is 5.46. The molecule has 3 aromatic rings. The topological polar surface area (TPSA) is 29.0 Å². The van der Waals surface area contributed by atoms with Gasteiger partial charge in [-0.3, -0.25) is 9.97 Å². The maximum Gasteiger partial charge on any atom is 0.0421 e. The monoisotopic (exact) mass is 303 g/mol. The summed E-state index contributed by atoms with van der Waals surface area (Å²) in [5.74, 6) is 0. The summed E-state index contributed by atoms with van der Waals surface area (Å²) in [6.45, 7) is 1.90. The van der Waals surface area contributed by atoms with Gasteiger partial charge in [-0.1, -0.05) is 30.3 Å². The van der Waals surface area contributed by atoms with E-state index in [0.29, 0.717) is 0 Å². The molecule has 0 bridgehead atoms. The van der Waals surface area contributed by atoms with Crippen molar-refractivity contribution in [1.29, 1.82) is 0 Å². The molecule has 23 heavy (non-hydrogen) atoms. The number of pyridine rings is 2. The van der Waals surface area contributed by atoms with E-state index in [1.165, 1.54) is 5.69 Å². The van der Waals surface area contributed by atoms with Crippen LogP contribution in [0.4, 0.5) is 5.69 Å². The van der Waals surface area contributed by atoms with E-state index in [9.17, 15) is 0 Å². The second kappa shape index (κ2) is 8.08. The summed E-state index contributed by atoms with van der Waals surface area (Å²) in [5.41, 5.74) is 3.51. The Hall–Kier alpha value is -2.68. The van der Waals surface area contributed by atoms with Crippen LogP contribution in [0.2, 0.25) is 0 Å². The lowest BCUT2D eigenvalue weighted by atomic mass is 10.2. The molecule has 0 radical (unpaired) electrons. The van der Waals surface area contributed by atoms with Crippen molar-refractivity contribution in [2.24, 2.45) is 0 Å². The Morgan fingerprint density at radius 2 is 1.13 bits per heavy atom. The zero-order valence-electron chi connectivity index (χ0n) is 13.2. The highest BCUT2D eigenvalue weighted by Gasteiger charge is 2.07. The Labute approximate surface area is 137 Å². The fraction of sp³-hybridized carbons (Fsp3) is 0.200. The first-order chi connectivity index (χ1) is 11.4. The first-order valence-corrected chi connectivity index (χ1v) is 8.01. The molecule has 0 aliphatic heterocycles. The van der Waals surface area contributed by atoms with E-state index in [-0.39, 0.29) is 0 Å². The molecule has 116 valence electrons. The highest BCUT2D eigenvalue weighted by Crippen LogP contribution is 2.14. The number of anilines is 1.